The molecule has 0 radical (unpaired) electrons. The van der Waals surface area contributed by atoms with Gasteiger partial charge in [-0.15, -0.1) is 24.8 Å². The van der Waals surface area contributed by atoms with Gasteiger partial charge in [0.15, 0.2) is 0 Å². The number of nitrogens with zero attached hydrogens (tertiary/aromatic N) is 1. The van der Waals surface area contributed by atoms with Gasteiger partial charge in [0.05, 0.1) is 18.6 Å². The van der Waals surface area contributed by atoms with Gasteiger partial charge in [-0.1, -0.05) is 18.2 Å². The van der Waals surface area contributed by atoms with Crippen molar-refractivity contribution in [2.24, 2.45) is 5.41 Å². The average Bonchev–Trinajstić information content (AvgIpc) is 2.68. The average molecular weight is 430 g/mol. The molecule has 2 N–H and O–H groups in total. The highest BCUT2D eigenvalue weighted by molar-refractivity contribution is 5.86. The van der Waals surface area contributed by atoms with Crippen LogP contribution < -0.4 is 15.4 Å². The summed E-state index contributed by atoms with van der Waals surface area (Å²) in [5.74, 6) is 0.872. The summed E-state index contributed by atoms with van der Waals surface area (Å²) in [6.07, 6.45) is 4.13. The third kappa shape index (κ3) is 5.95. The van der Waals surface area contributed by atoms with Gasteiger partial charge in [0.25, 0.3) is 0 Å². The SMILES string of the molecule is COCC1(C(=O)NCCCOc2cccc3cccnc23)CCNCC1.Cl.Cl. The number of carbonyl (C=O) groups is 1. The van der Waals surface area contributed by atoms with E-state index in [2.05, 4.69) is 15.6 Å². The monoisotopic (exact) mass is 429 g/mol. The summed E-state index contributed by atoms with van der Waals surface area (Å²) in [5.41, 5.74) is 0.466. The van der Waals surface area contributed by atoms with E-state index in [1.807, 2.05) is 30.3 Å². The fourth-order valence-electron chi connectivity index (χ4n) is 3.45. The third-order valence-electron chi connectivity index (χ3n) is 4.92. The first-order valence-electron chi connectivity index (χ1n) is 9.20. The Labute approximate surface area is 178 Å². The van der Waals surface area contributed by atoms with Gasteiger partial charge in [-0.3, -0.25) is 9.78 Å². The molecule has 1 amide bonds. The van der Waals surface area contributed by atoms with Crippen LogP contribution in [-0.4, -0.2) is 50.8 Å². The number of halogens is 2. The number of rotatable bonds is 8. The minimum atomic E-state index is -0.402. The van der Waals surface area contributed by atoms with Crippen molar-refractivity contribution < 1.29 is 14.3 Å². The minimum absolute atomic E-state index is 0. The predicted molar refractivity (Wildman–Crippen MR) is 116 cm³/mol. The molecule has 0 atom stereocenters. The molecule has 3 rings (SSSR count). The van der Waals surface area contributed by atoms with Crippen molar-refractivity contribution in [2.45, 2.75) is 19.3 Å². The fourth-order valence-corrected chi connectivity index (χ4v) is 3.45. The second-order valence-corrected chi connectivity index (χ2v) is 6.75. The van der Waals surface area contributed by atoms with E-state index in [9.17, 15) is 4.79 Å². The van der Waals surface area contributed by atoms with Crippen molar-refractivity contribution in [2.75, 3.05) is 40.0 Å². The molecule has 1 saturated heterocycles. The molecule has 1 aromatic heterocycles. The Morgan fingerprint density at radius 1 is 1.21 bits per heavy atom. The van der Waals surface area contributed by atoms with E-state index in [0.29, 0.717) is 19.8 Å². The number of para-hydroxylation sites is 1. The second kappa shape index (κ2) is 12.1. The third-order valence-corrected chi connectivity index (χ3v) is 4.92. The Bertz CT molecular complexity index is 729. The number of hydrogen-bond acceptors (Lipinski definition) is 5. The molecular weight excluding hydrogens is 401 g/mol. The molecule has 0 bridgehead atoms. The van der Waals surface area contributed by atoms with E-state index in [1.165, 1.54) is 0 Å². The maximum atomic E-state index is 12.6. The first-order chi connectivity index (χ1) is 12.7. The van der Waals surface area contributed by atoms with Gasteiger partial charge >= 0.3 is 0 Å². The van der Waals surface area contributed by atoms with Crippen LogP contribution in [0, 0.1) is 5.41 Å². The Morgan fingerprint density at radius 3 is 2.71 bits per heavy atom. The van der Waals surface area contributed by atoms with Crippen molar-refractivity contribution in [1.29, 1.82) is 0 Å². The molecule has 1 aliphatic heterocycles. The van der Waals surface area contributed by atoms with Crippen LogP contribution in [0.15, 0.2) is 36.5 Å². The Balaban J connectivity index is 0.00000196. The molecule has 6 nitrogen and oxygen atoms in total. The maximum Gasteiger partial charge on any atom is 0.228 e. The van der Waals surface area contributed by atoms with Crippen LogP contribution in [0.1, 0.15) is 19.3 Å². The van der Waals surface area contributed by atoms with E-state index in [4.69, 9.17) is 9.47 Å². The number of methoxy groups -OCH3 is 1. The van der Waals surface area contributed by atoms with Gasteiger partial charge in [0.1, 0.15) is 11.3 Å². The summed E-state index contributed by atoms with van der Waals surface area (Å²) >= 11 is 0. The molecule has 0 saturated carbocycles. The number of carbonyl (C=O) groups excluding carboxylic acids is 1. The van der Waals surface area contributed by atoms with E-state index < -0.39 is 5.41 Å². The van der Waals surface area contributed by atoms with Gasteiger partial charge in [0, 0.05) is 25.2 Å². The molecule has 156 valence electrons. The molecule has 8 heteroatoms. The van der Waals surface area contributed by atoms with Crippen LogP contribution in [0.3, 0.4) is 0 Å². The minimum Gasteiger partial charge on any atom is -0.491 e. The second-order valence-electron chi connectivity index (χ2n) is 6.75. The van der Waals surface area contributed by atoms with Crippen molar-refractivity contribution in [3.8, 4) is 5.75 Å². The summed E-state index contributed by atoms with van der Waals surface area (Å²) < 4.78 is 11.2. The summed E-state index contributed by atoms with van der Waals surface area (Å²) in [6.45, 7) is 3.31. The lowest BCUT2D eigenvalue weighted by molar-refractivity contribution is -0.136. The number of nitrogens with one attached hydrogen (secondary N) is 2. The van der Waals surface area contributed by atoms with Gasteiger partial charge in [-0.2, -0.15) is 0 Å². The highest BCUT2D eigenvalue weighted by Crippen LogP contribution is 2.29. The van der Waals surface area contributed by atoms with Gasteiger partial charge in [-0.25, -0.2) is 0 Å². The topological polar surface area (TPSA) is 72.5 Å². The Hall–Kier alpha value is -1.60. The zero-order chi connectivity index (χ0) is 18.2. The molecule has 1 fully saturated rings. The van der Waals surface area contributed by atoms with Crippen LogP contribution in [0.2, 0.25) is 0 Å². The van der Waals surface area contributed by atoms with Crippen LogP contribution in [0.5, 0.6) is 5.75 Å². The summed E-state index contributed by atoms with van der Waals surface area (Å²) in [4.78, 5) is 17.0. The molecule has 2 aromatic rings. The van der Waals surface area contributed by atoms with E-state index >= 15 is 0 Å². The maximum absolute atomic E-state index is 12.6. The first kappa shape index (κ1) is 24.4. The summed E-state index contributed by atoms with van der Waals surface area (Å²) in [7, 11) is 1.66. The lowest BCUT2D eigenvalue weighted by Gasteiger charge is -2.35. The smallest absolute Gasteiger partial charge is 0.228 e. The molecule has 0 spiro atoms. The summed E-state index contributed by atoms with van der Waals surface area (Å²) in [6, 6.07) is 9.84. The van der Waals surface area contributed by atoms with E-state index in [1.54, 1.807) is 13.3 Å². The Kier molecular flexibility index (Phi) is 10.5. The number of piperidine rings is 1. The zero-order valence-electron chi connectivity index (χ0n) is 16.1. The zero-order valence-corrected chi connectivity index (χ0v) is 17.7. The molecular formula is C20H29Cl2N3O3. The molecule has 0 unspecified atom stereocenters. The molecule has 1 aromatic carbocycles. The lowest BCUT2D eigenvalue weighted by atomic mass is 9.78. The molecule has 0 aliphatic carbocycles. The van der Waals surface area contributed by atoms with Gasteiger partial charge < -0.3 is 20.1 Å². The first-order valence-corrected chi connectivity index (χ1v) is 9.20. The van der Waals surface area contributed by atoms with Crippen LogP contribution in [0.4, 0.5) is 0 Å². The molecule has 2 heterocycles. The van der Waals surface area contributed by atoms with Crippen LogP contribution in [0.25, 0.3) is 10.9 Å². The number of hydrogen-bond donors (Lipinski definition) is 2. The highest BCUT2D eigenvalue weighted by atomic mass is 35.5. The standard InChI is InChI=1S/C20H27N3O3.2ClH/c1-25-15-20(8-12-21-13-9-20)19(24)23-11-4-14-26-17-7-2-5-16-6-3-10-22-18(16)17;;/h2-3,5-7,10,21H,4,8-9,11-15H2,1H3,(H,23,24);2*1H. The molecule has 28 heavy (non-hydrogen) atoms. The van der Waals surface area contributed by atoms with Crippen LogP contribution in [-0.2, 0) is 9.53 Å². The fraction of sp³-hybridized carbons (Fsp3) is 0.500. The van der Waals surface area contributed by atoms with Crippen molar-refractivity contribution in [3.05, 3.63) is 36.5 Å². The summed E-state index contributed by atoms with van der Waals surface area (Å²) in [5, 5.41) is 7.42. The normalized spacial score (nSPS) is 15.2. The number of aromatic nitrogens is 1. The van der Waals surface area contributed by atoms with Gasteiger partial charge in [0.2, 0.25) is 5.91 Å². The number of amides is 1. The Morgan fingerprint density at radius 2 is 1.96 bits per heavy atom. The lowest BCUT2D eigenvalue weighted by Crippen LogP contribution is -2.50. The van der Waals surface area contributed by atoms with E-state index in [-0.39, 0.29) is 30.7 Å². The quantitative estimate of drug-likeness (QED) is 0.630. The van der Waals surface area contributed by atoms with Gasteiger partial charge in [-0.05, 0) is 44.5 Å². The number of pyridine rings is 1. The van der Waals surface area contributed by atoms with Crippen molar-refractivity contribution >= 4 is 41.6 Å². The molecule has 1 aliphatic rings. The number of fused-ring (bicyclic) bond motifs is 1. The predicted octanol–water partition coefficient (Wildman–Crippen LogP) is 2.98. The van der Waals surface area contributed by atoms with Crippen molar-refractivity contribution in [3.63, 3.8) is 0 Å². The largest absolute Gasteiger partial charge is 0.491 e. The number of benzene rings is 1. The van der Waals surface area contributed by atoms with Crippen LogP contribution >= 0.6 is 24.8 Å². The van der Waals surface area contributed by atoms with Crippen molar-refractivity contribution in [1.82, 2.24) is 15.6 Å². The van der Waals surface area contributed by atoms with E-state index in [0.717, 1.165) is 49.0 Å². The number of ether oxygens (including phenoxy) is 2. The highest BCUT2D eigenvalue weighted by Gasteiger charge is 2.39.